The van der Waals surface area contributed by atoms with E-state index in [0.29, 0.717) is 5.76 Å². The van der Waals surface area contributed by atoms with Gasteiger partial charge in [-0.25, -0.2) is 0 Å². The van der Waals surface area contributed by atoms with Crippen molar-refractivity contribution in [3.05, 3.63) is 78.2 Å². The van der Waals surface area contributed by atoms with Crippen LogP contribution in [0.4, 0.5) is 0 Å². The number of fused-ring (bicyclic) bond motifs is 1. The predicted octanol–water partition coefficient (Wildman–Crippen LogP) is 7.91. The molecule has 0 radical (unpaired) electrons. The number of aliphatic hydroxyl groups is 1. The molecule has 3 aromatic rings. The van der Waals surface area contributed by atoms with Gasteiger partial charge in [0.05, 0.1) is 17.0 Å². The molecule has 0 amide bonds. The number of aliphatic imine (C=N–C) groups is 1. The fourth-order valence-corrected chi connectivity index (χ4v) is 3.38. The minimum absolute atomic E-state index is 0. The fourth-order valence-electron chi connectivity index (χ4n) is 3.38. The molecule has 0 unspecified atom stereocenters. The number of nitrogens with zero attached hydrogens (tertiary/aromatic N) is 2. The van der Waals surface area contributed by atoms with Crippen LogP contribution in [-0.2, 0) is 26.6 Å². The summed E-state index contributed by atoms with van der Waals surface area (Å²) in [5, 5.41) is 12.9. The maximum absolute atomic E-state index is 10.7. The van der Waals surface area contributed by atoms with Crippen molar-refractivity contribution in [3.63, 3.8) is 0 Å². The zero-order chi connectivity index (χ0) is 23.7. The van der Waals surface area contributed by atoms with Crippen LogP contribution in [0.3, 0.4) is 0 Å². The molecule has 0 bridgehead atoms. The summed E-state index contributed by atoms with van der Waals surface area (Å²) in [6.45, 7) is 16.5. The number of rotatable bonds is 4. The Labute approximate surface area is 213 Å². The maximum Gasteiger partial charge on any atom is 0.0994 e. The molecule has 1 aromatic heterocycles. The zero-order valence-corrected chi connectivity index (χ0v) is 23.2. The van der Waals surface area contributed by atoms with Crippen molar-refractivity contribution in [2.75, 3.05) is 0 Å². The molecule has 0 atom stereocenters. The van der Waals surface area contributed by atoms with E-state index in [0.717, 1.165) is 33.4 Å². The second-order valence-electron chi connectivity index (χ2n) is 10.9. The van der Waals surface area contributed by atoms with Crippen LogP contribution in [0.5, 0.6) is 0 Å². The van der Waals surface area contributed by atoms with E-state index in [1.165, 1.54) is 0 Å². The number of hydrogen-bond donors (Lipinski definition) is 1. The van der Waals surface area contributed by atoms with Gasteiger partial charge in [0.25, 0.3) is 0 Å². The third-order valence-electron chi connectivity index (χ3n) is 5.54. The summed E-state index contributed by atoms with van der Waals surface area (Å²) in [6, 6.07) is 21.7. The Morgan fingerprint density at radius 2 is 1.55 bits per heavy atom. The smallest absolute Gasteiger partial charge is 0.0994 e. The van der Waals surface area contributed by atoms with E-state index in [1.807, 2.05) is 63.2 Å². The van der Waals surface area contributed by atoms with Crippen molar-refractivity contribution in [2.45, 2.75) is 60.9 Å². The monoisotopic (exact) mass is 622 g/mol. The fraction of sp³-hybridized carbons (Fsp3) is 0.379. The second-order valence-corrected chi connectivity index (χ2v) is 10.9. The average molecular weight is 623 g/mol. The molecule has 0 saturated heterocycles. The first-order chi connectivity index (χ1) is 14.8. The van der Waals surface area contributed by atoms with Gasteiger partial charge in [0, 0.05) is 37.6 Å². The molecule has 0 saturated carbocycles. The topological polar surface area (TPSA) is 45.5 Å². The van der Waals surface area contributed by atoms with Crippen molar-refractivity contribution in [2.24, 2.45) is 15.8 Å². The van der Waals surface area contributed by atoms with Crippen molar-refractivity contribution < 1.29 is 26.2 Å². The number of benzene rings is 2. The molecule has 0 fully saturated rings. The zero-order valence-electron chi connectivity index (χ0n) is 20.9. The van der Waals surface area contributed by atoms with E-state index in [1.54, 1.807) is 0 Å². The normalized spacial score (nSPS) is 13.7. The van der Waals surface area contributed by atoms with Gasteiger partial charge < -0.3 is 5.11 Å². The standard InChI is InChI=1S/C29H35N2O.Pt/c1-27(2,3)23(19-25(32)28(4,5)6)31-29(7,8)24-18-21-16-12-13-17-22(21)26(30-24)20-14-10-9-11-15-20;/h9-14,16-19,32H,1-8H3;/q-1;/b25-19-,31-23?;. The first kappa shape index (κ1) is 27.0. The summed E-state index contributed by atoms with van der Waals surface area (Å²) in [6.07, 6.45) is 1.83. The molecule has 0 aliphatic carbocycles. The van der Waals surface area contributed by atoms with Gasteiger partial charge >= 0.3 is 0 Å². The number of aromatic nitrogens is 1. The Morgan fingerprint density at radius 1 is 0.909 bits per heavy atom. The van der Waals surface area contributed by atoms with Gasteiger partial charge in [-0.2, -0.15) is 0 Å². The molecule has 2 aromatic carbocycles. The van der Waals surface area contributed by atoms with E-state index < -0.39 is 5.54 Å². The minimum Gasteiger partial charge on any atom is -0.512 e. The molecule has 0 spiro atoms. The summed E-state index contributed by atoms with van der Waals surface area (Å²) < 4.78 is 0. The van der Waals surface area contributed by atoms with Crippen LogP contribution in [0.2, 0.25) is 0 Å². The largest absolute Gasteiger partial charge is 0.512 e. The first-order valence-corrected chi connectivity index (χ1v) is 11.2. The minimum atomic E-state index is -0.592. The van der Waals surface area contributed by atoms with E-state index in [2.05, 4.69) is 58.9 Å². The summed E-state index contributed by atoms with van der Waals surface area (Å²) >= 11 is 0. The molecule has 178 valence electrons. The molecular formula is C29H35N2OPt-. The molecule has 4 heteroatoms. The Balaban J connectivity index is 0.00000385. The quantitative estimate of drug-likeness (QED) is 0.183. The third-order valence-corrected chi connectivity index (χ3v) is 5.54. The molecule has 3 nitrogen and oxygen atoms in total. The van der Waals surface area contributed by atoms with Crippen LogP contribution >= 0.6 is 0 Å². The van der Waals surface area contributed by atoms with Crippen LogP contribution in [0, 0.1) is 16.9 Å². The van der Waals surface area contributed by atoms with Gasteiger partial charge in [0.1, 0.15) is 0 Å². The number of allylic oxidation sites excluding steroid dienone is 2. The summed E-state index contributed by atoms with van der Waals surface area (Å²) in [4.78, 5) is 10.2. The van der Waals surface area contributed by atoms with Crippen molar-refractivity contribution >= 4 is 16.5 Å². The van der Waals surface area contributed by atoms with Crippen LogP contribution in [-0.4, -0.2) is 15.8 Å². The van der Waals surface area contributed by atoms with E-state index >= 15 is 0 Å². The van der Waals surface area contributed by atoms with Gasteiger partial charge in [-0.1, -0.05) is 65.8 Å². The molecule has 0 aliphatic rings. The number of aliphatic hydroxyl groups excluding tert-OH is 1. The van der Waals surface area contributed by atoms with Crippen LogP contribution < -0.4 is 0 Å². The van der Waals surface area contributed by atoms with Crippen LogP contribution in [0.15, 0.2) is 71.4 Å². The molecule has 0 aliphatic heterocycles. The summed E-state index contributed by atoms with van der Waals surface area (Å²) in [7, 11) is 0. The molecule has 1 N–H and O–H groups in total. The molecule has 3 rings (SSSR count). The van der Waals surface area contributed by atoms with Gasteiger partial charge in [-0.15, -0.1) is 35.9 Å². The average Bonchev–Trinajstić information content (AvgIpc) is 2.71. The van der Waals surface area contributed by atoms with E-state index in [9.17, 15) is 5.11 Å². The predicted molar refractivity (Wildman–Crippen MR) is 136 cm³/mol. The van der Waals surface area contributed by atoms with Crippen LogP contribution in [0.1, 0.15) is 61.1 Å². The van der Waals surface area contributed by atoms with Gasteiger partial charge in [-0.05, 0) is 42.5 Å². The van der Waals surface area contributed by atoms with Crippen LogP contribution in [0.25, 0.3) is 22.0 Å². The Bertz CT molecular complexity index is 1160. The third kappa shape index (κ3) is 6.42. The van der Waals surface area contributed by atoms with Gasteiger partial charge in [0.15, 0.2) is 0 Å². The van der Waals surface area contributed by atoms with Crippen molar-refractivity contribution in [3.8, 4) is 11.3 Å². The number of hydrogen-bond acceptors (Lipinski definition) is 3. The Morgan fingerprint density at radius 3 is 2.12 bits per heavy atom. The van der Waals surface area contributed by atoms with Crippen molar-refractivity contribution in [1.82, 2.24) is 4.98 Å². The Kier molecular flexibility index (Phi) is 8.13. The Hall–Kier alpha value is -2.25. The SMILES string of the molecule is CC(C)(C)C(/C=C(\O)C(C)(C)C)=NC(C)(C)c1cc2ccccc2c(-c2[c-]cccc2)n1.[Pt]. The van der Waals surface area contributed by atoms with Gasteiger partial charge in [-0.3, -0.25) is 9.98 Å². The summed E-state index contributed by atoms with van der Waals surface area (Å²) in [5.74, 6) is 0.327. The summed E-state index contributed by atoms with van der Waals surface area (Å²) in [5.41, 5.74) is 2.44. The second kappa shape index (κ2) is 9.93. The molecule has 33 heavy (non-hydrogen) atoms. The van der Waals surface area contributed by atoms with E-state index in [4.69, 9.17) is 9.98 Å². The first-order valence-electron chi connectivity index (χ1n) is 11.2. The maximum atomic E-state index is 10.7. The van der Waals surface area contributed by atoms with E-state index in [-0.39, 0.29) is 31.9 Å². The number of pyridine rings is 1. The molecule has 1 heterocycles. The molecular weight excluding hydrogens is 587 g/mol. The van der Waals surface area contributed by atoms with Crippen molar-refractivity contribution in [1.29, 1.82) is 0 Å². The van der Waals surface area contributed by atoms with Gasteiger partial charge in [0.2, 0.25) is 0 Å².